The molecule has 0 saturated carbocycles. The maximum absolute atomic E-state index is 12.8. The fourth-order valence-corrected chi connectivity index (χ4v) is 5.43. The van der Waals surface area contributed by atoms with Crippen molar-refractivity contribution in [2.24, 2.45) is 0 Å². The number of hydrogen-bond donors (Lipinski definition) is 0. The number of benzene rings is 1. The highest BCUT2D eigenvalue weighted by Crippen LogP contribution is 2.46. The molecular weight excluding hydrogens is 351 g/mol. The van der Waals surface area contributed by atoms with Crippen molar-refractivity contribution < 1.29 is 9.59 Å². The second-order valence-electron chi connectivity index (χ2n) is 6.67. The third-order valence-corrected chi connectivity index (χ3v) is 6.63. The van der Waals surface area contributed by atoms with Gasteiger partial charge in [0.2, 0.25) is 0 Å². The molecule has 1 aliphatic heterocycles. The Labute approximate surface area is 150 Å². The molecule has 1 aromatic carbocycles. The molecule has 0 amide bonds. The average Bonchev–Trinajstić information content (AvgIpc) is 2.47. The molecule has 0 N–H and O–H groups in total. The van der Waals surface area contributed by atoms with Gasteiger partial charge in [0.15, 0.2) is 11.6 Å². The van der Waals surface area contributed by atoms with Crippen LogP contribution in [0.1, 0.15) is 55.5 Å². The summed E-state index contributed by atoms with van der Waals surface area (Å²) in [7, 11) is 0. The average molecular weight is 369 g/mol. The van der Waals surface area contributed by atoms with Gasteiger partial charge in [0, 0.05) is 21.9 Å². The third-order valence-electron chi connectivity index (χ3n) is 4.62. The largest absolute Gasteiger partial charge is 0.294 e. The molecule has 0 fully saturated rings. The van der Waals surface area contributed by atoms with Crippen molar-refractivity contribution in [2.75, 3.05) is 5.75 Å². The Morgan fingerprint density at radius 2 is 1.96 bits per heavy atom. The van der Waals surface area contributed by atoms with Gasteiger partial charge in [-0.25, -0.2) is 0 Å². The Morgan fingerprint density at radius 1 is 1.22 bits per heavy atom. The zero-order valence-electron chi connectivity index (χ0n) is 13.2. The van der Waals surface area contributed by atoms with Crippen molar-refractivity contribution in [2.45, 2.75) is 49.8 Å². The van der Waals surface area contributed by atoms with Crippen molar-refractivity contribution in [3.63, 3.8) is 0 Å². The third kappa shape index (κ3) is 2.99. The monoisotopic (exact) mass is 368 g/mol. The van der Waals surface area contributed by atoms with E-state index in [1.807, 2.05) is 6.07 Å². The van der Waals surface area contributed by atoms with E-state index in [1.54, 1.807) is 17.8 Å². The Hall–Kier alpha value is -0.770. The zero-order valence-corrected chi connectivity index (χ0v) is 15.5. The SMILES string of the molecule is CC1(C)CCSc2c1ccc(C(=O)C1=C(Cl)CCCC1=O)c2Cl. The molecule has 0 spiro atoms. The number of hydrogen-bond acceptors (Lipinski definition) is 3. The summed E-state index contributed by atoms with van der Waals surface area (Å²) in [4.78, 5) is 25.9. The first-order chi connectivity index (χ1) is 10.8. The van der Waals surface area contributed by atoms with Crippen LogP contribution in [0, 0.1) is 0 Å². The van der Waals surface area contributed by atoms with Crippen molar-refractivity contribution in [3.8, 4) is 0 Å². The van der Waals surface area contributed by atoms with Gasteiger partial charge in [-0.3, -0.25) is 9.59 Å². The lowest BCUT2D eigenvalue weighted by Gasteiger charge is -2.33. The van der Waals surface area contributed by atoms with Gasteiger partial charge in [-0.1, -0.05) is 43.1 Å². The fraction of sp³-hybridized carbons (Fsp3) is 0.444. The van der Waals surface area contributed by atoms with E-state index in [2.05, 4.69) is 13.8 Å². The molecule has 0 unspecified atom stereocenters. The number of thioether (sulfide) groups is 1. The quantitative estimate of drug-likeness (QED) is 0.507. The molecule has 1 aliphatic carbocycles. The van der Waals surface area contributed by atoms with Crippen LogP contribution < -0.4 is 0 Å². The van der Waals surface area contributed by atoms with E-state index in [9.17, 15) is 9.59 Å². The summed E-state index contributed by atoms with van der Waals surface area (Å²) in [5, 5.41) is 0.827. The molecule has 1 heterocycles. The van der Waals surface area contributed by atoms with Crippen molar-refractivity contribution in [1.29, 1.82) is 0 Å². The van der Waals surface area contributed by atoms with E-state index in [0.29, 0.717) is 34.9 Å². The normalized spacial score (nSPS) is 20.4. The standard InChI is InChI=1S/C18H18Cl2O2S/c1-18(2)8-9-23-17-11(18)7-6-10(15(17)20)16(22)14-12(19)4-3-5-13(14)21/h6-7H,3-5,8-9H2,1-2H3. The second kappa shape index (κ2) is 6.27. The summed E-state index contributed by atoms with van der Waals surface area (Å²) in [5.41, 5.74) is 1.73. The van der Waals surface area contributed by atoms with Crippen LogP contribution in [0.25, 0.3) is 0 Å². The molecule has 2 aliphatic rings. The van der Waals surface area contributed by atoms with Crippen molar-refractivity contribution >= 4 is 46.5 Å². The molecule has 0 radical (unpaired) electrons. The fourth-order valence-electron chi connectivity index (χ4n) is 3.14. The van der Waals surface area contributed by atoms with E-state index in [4.69, 9.17) is 23.2 Å². The van der Waals surface area contributed by atoms with Gasteiger partial charge in [-0.05, 0) is 42.1 Å². The van der Waals surface area contributed by atoms with Crippen LogP contribution in [0.2, 0.25) is 5.02 Å². The van der Waals surface area contributed by atoms with Gasteiger partial charge in [0.25, 0.3) is 0 Å². The molecule has 0 atom stereocenters. The van der Waals surface area contributed by atoms with Crippen molar-refractivity contribution in [3.05, 3.63) is 38.9 Å². The Kier molecular flexibility index (Phi) is 4.65. The first kappa shape index (κ1) is 17.1. The minimum Gasteiger partial charge on any atom is -0.294 e. The maximum Gasteiger partial charge on any atom is 0.199 e. The van der Waals surface area contributed by atoms with Gasteiger partial charge in [0.05, 0.1) is 10.6 Å². The number of rotatable bonds is 2. The van der Waals surface area contributed by atoms with Crippen LogP contribution in [-0.4, -0.2) is 17.3 Å². The summed E-state index contributed by atoms with van der Waals surface area (Å²) in [6, 6.07) is 3.72. The molecule has 122 valence electrons. The Bertz CT molecular complexity index is 735. The zero-order chi connectivity index (χ0) is 16.8. The highest BCUT2D eigenvalue weighted by atomic mass is 35.5. The molecule has 0 aromatic heterocycles. The summed E-state index contributed by atoms with van der Waals surface area (Å²) in [6.45, 7) is 4.38. The van der Waals surface area contributed by atoms with Gasteiger partial charge in [-0.15, -0.1) is 11.8 Å². The van der Waals surface area contributed by atoms with E-state index >= 15 is 0 Å². The second-order valence-corrected chi connectivity index (χ2v) is 8.61. The molecule has 1 aromatic rings. The lowest BCUT2D eigenvalue weighted by molar-refractivity contribution is -0.115. The van der Waals surface area contributed by atoms with E-state index in [-0.39, 0.29) is 22.6 Å². The van der Waals surface area contributed by atoms with E-state index < -0.39 is 0 Å². The minimum atomic E-state index is -0.337. The Morgan fingerprint density at radius 3 is 2.65 bits per heavy atom. The highest BCUT2D eigenvalue weighted by Gasteiger charge is 2.33. The van der Waals surface area contributed by atoms with Crippen LogP contribution >= 0.6 is 35.0 Å². The smallest absolute Gasteiger partial charge is 0.199 e. The first-order valence-electron chi connectivity index (χ1n) is 7.75. The van der Waals surface area contributed by atoms with Crippen LogP contribution in [-0.2, 0) is 10.2 Å². The first-order valence-corrected chi connectivity index (χ1v) is 9.49. The summed E-state index contributed by atoms with van der Waals surface area (Å²) >= 11 is 14.4. The molecule has 5 heteroatoms. The number of fused-ring (bicyclic) bond motifs is 1. The highest BCUT2D eigenvalue weighted by molar-refractivity contribution is 7.99. The van der Waals surface area contributed by atoms with Crippen LogP contribution in [0.3, 0.4) is 0 Å². The predicted molar refractivity (Wildman–Crippen MR) is 95.9 cm³/mol. The van der Waals surface area contributed by atoms with E-state index in [0.717, 1.165) is 17.1 Å². The van der Waals surface area contributed by atoms with E-state index in [1.165, 1.54) is 5.56 Å². The van der Waals surface area contributed by atoms with Crippen molar-refractivity contribution in [1.82, 2.24) is 0 Å². The van der Waals surface area contributed by atoms with Gasteiger partial charge in [-0.2, -0.15) is 0 Å². The summed E-state index contributed by atoms with van der Waals surface area (Å²) in [6.07, 6.45) is 2.74. The molecule has 23 heavy (non-hydrogen) atoms. The minimum absolute atomic E-state index is 0.0450. The summed E-state index contributed by atoms with van der Waals surface area (Å²) in [5.74, 6) is 0.462. The topological polar surface area (TPSA) is 34.1 Å². The summed E-state index contributed by atoms with van der Waals surface area (Å²) < 4.78 is 0. The lowest BCUT2D eigenvalue weighted by atomic mass is 9.81. The van der Waals surface area contributed by atoms with Crippen LogP contribution in [0.5, 0.6) is 0 Å². The number of carbonyl (C=O) groups excluding carboxylic acids is 2. The van der Waals surface area contributed by atoms with Gasteiger partial charge < -0.3 is 0 Å². The molecule has 0 saturated heterocycles. The molecule has 3 rings (SSSR count). The van der Waals surface area contributed by atoms with Crippen LogP contribution in [0.4, 0.5) is 0 Å². The lowest BCUT2D eigenvalue weighted by Crippen LogP contribution is -2.24. The number of halogens is 2. The Balaban J connectivity index is 2.08. The predicted octanol–water partition coefficient (Wildman–Crippen LogP) is 5.54. The van der Waals surface area contributed by atoms with Crippen LogP contribution in [0.15, 0.2) is 27.6 Å². The molecule has 0 bridgehead atoms. The van der Waals surface area contributed by atoms with Gasteiger partial charge >= 0.3 is 0 Å². The number of ketones is 2. The number of carbonyl (C=O) groups is 2. The van der Waals surface area contributed by atoms with Gasteiger partial charge in [0.1, 0.15) is 0 Å². The molecular formula is C18H18Cl2O2S. The molecule has 2 nitrogen and oxygen atoms in total. The maximum atomic E-state index is 12.8. The number of allylic oxidation sites excluding steroid dienone is 2. The number of Topliss-reactive ketones (excluding diaryl/α,β-unsaturated/α-hetero) is 2.